The normalized spacial score (nSPS) is 19.2. The number of unbranched alkanes of at least 4 members (excludes halogenated alkanes) is 1. The summed E-state index contributed by atoms with van der Waals surface area (Å²) in [6.45, 7) is 2.34. The second-order valence-electron chi connectivity index (χ2n) is 11.3. The minimum atomic E-state index is -0.502. The Labute approximate surface area is 242 Å². The predicted octanol–water partition coefficient (Wildman–Crippen LogP) is 5.97. The lowest BCUT2D eigenvalue weighted by molar-refractivity contribution is -0.136. The van der Waals surface area contributed by atoms with Crippen molar-refractivity contribution in [2.45, 2.75) is 50.4 Å². The van der Waals surface area contributed by atoms with Crippen molar-refractivity contribution in [1.29, 1.82) is 0 Å². The van der Waals surface area contributed by atoms with E-state index in [-0.39, 0.29) is 24.0 Å². The van der Waals surface area contributed by atoms with Crippen LogP contribution >= 0.6 is 0 Å². The Morgan fingerprint density at radius 2 is 1.44 bits per heavy atom. The van der Waals surface area contributed by atoms with Gasteiger partial charge in [-0.3, -0.25) is 4.79 Å². The van der Waals surface area contributed by atoms with Gasteiger partial charge in [0.2, 0.25) is 5.91 Å². The highest BCUT2D eigenvalue weighted by atomic mass is 16.2. The van der Waals surface area contributed by atoms with Gasteiger partial charge in [0, 0.05) is 19.6 Å². The summed E-state index contributed by atoms with van der Waals surface area (Å²) in [5, 5.41) is 2.36. The van der Waals surface area contributed by atoms with Crippen LogP contribution in [0.2, 0.25) is 0 Å². The Kier molecular flexibility index (Phi) is 8.01. The van der Waals surface area contributed by atoms with E-state index in [0.717, 1.165) is 36.0 Å². The third-order valence-corrected chi connectivity index (χ3v) is 8.58. The van der Waals surface area contributed by atoms with E-state index in [2.05, 4.69) is 54.6 Å². The fourth-order valence-corrected chi connectivity index (χ4v) is 6.58. The number of amides is 3. The molecule has 0 radical (unpaired) electrons. The molecule has 4 aromatic carbocycles. The van der Waals surface area contributed by atoms with Gasteiger partial charge >= 0.3 is 6.03 Å². The van der Waals surface area contributed by atoms with Crippen LogP contribution < -0.4 is 5.73 Å². The third-order valence-electron chi connectivity index (χ3n) is 8.58. The number of nitrogens with zero attached hydrogens (tertiary/aromatic N) is 3. The van der Waals surface area contributed by atoms with E-state index in [9.17, 15) is 9.59 Å². The van der Waals surface area contributed by atoms with Gasteiger partial charge in [-0.2, -0.15) is 0 Å². The standard InChI is InChI=1S/C35H38N4O2/c36-21-10-9-17-32-34(40)38(33(28-12-3-1-4-13-28)29-14-5-2-6-15-29)22-20-31-25-37(35(41)39(31)32)24-26-18-19-27-11-7-8-16-30(27)23-26/h1-8,11-16,18-19,23,31-33H,9-10,17,20-22,24-25,36H2/t31-,32-/m0/s1. The Morgan fingerprint density at radius 1 is 0.780 bits per heavy atom. The number of benzene rings is 4. The van der Waals surface area contributed by atoms with Gasteiger partial charge in [0.25, 0.3) is 0 Å². The van der Waals surface area contributed by atoms with Crippen molar-refractivity contribution in [1.82, 2.24) is 14.7 Å². The van der Waals surface area contributed by atoms with Gasteiger partial charge in [0.15, 0.2) is 0 Å². The van der Waals surface area contributed by atoms with Crippen molar-refractivity contribution in [2.24, 2.45) is 5.73 Å². The molecule has 4 aromatic rings. The molecule has 2 saturated heterocycles. The SMILES string of the molecule is NCCCC[C@H]1C(=O)N(C(c2ccccc2)c2ccccc2)CC[C@H]2CN(Cc3ccc4ccccc4c3)C(=O)N21. The van der Waals surface area contributed by atoms with Crippen LogP contribution in [0.15, 0.2) is 103 Å². The first-order valence-electron chi connectivity index (χ1n) is 14.8. The van der Waals surface area contributed by atoms with Crippen molar-refractivity contribution < 1.29 is 9.59 Å². The Hall–Kier alpha value is -4.16. The molecular weight excluding hydrogens is 508 g/mol. The maximum absolute atomic E-state index is 14.5. The monoisotopic (exact) mass is 546 g/mol. The molecule has 6 heteroatoms. The number of hydrogen-bond donors (Lipinski definition) is 1. The third kappa shape index (κ3) is 5.57. The van der Waals surface area contributed by atoms with Crippen molar-refractivity contribution in [3.05, 3.63) is 120 Å². The number of urea groups is 1. The molecule has 41 heavy (non-hydrogen) atoms. The second kappa shape index (κ2) is 12.1. The molecule has 0 aromatic heterocycles. The molecule has 2 N–H and O–H groups in total. The molecule has 2 aliphatic rings. The summed E-state index contributed by atoms with van der Waals surface area (Å²) in [7, 11) is 0. The Morgan fingerprint density at radius 3 is 2.12 bits per heavy atom. The van der Waals surface area contributed by atoms with Gasteiger partial charge in [0.1, 0.15) is 6.04 Å². The molecule has 2 fully saturated rings. The summed E-state index contributed by atoms with van der Waals surface area (Å²) in [5.41, 5.74) is 9.11. The molecule has 2 aliphatic heterocycles. The molecule has 210 valence electrons. The van der Waals surface area contributed by atoms with Crippen LogP contribution in [0.5, 0.6) is 0 Å². The first kappa shape index (κ1) is 27.0. The zero-order valence-electron chi connectivity index (χ0n) is 23.4. The molecule has 0 unspecified atom stereocenters. The average Bonchev–Trinajstić information content (AvgIpc) is 3.24. The molecule has 0 saturated carbocycles. The summed E-state index contributed by atoms with van der Waals surface area (Å²) in [5.74, 6) is 0.0307. The van der Waals surface area contributed by atoms with Crippen LogP contribution in [-0.4, -0.2) is 58.4 Å². The minimum absolute atomic E-state index is 0.00743. The molecule has 3 amide bonds. The molecule has 2 heterocycles. The van der Waals surface area contributed by atoms with Gasteiger partial charge in [0.05, 0.1) is 12.1 Å². The molecular formula is C35H38N4O2. The Balaban J connectivity index is 1.30. The highest BCUT2D eigenvalue weighted by Gasteiger charge is 2.48. The summed E-state index contributed by atoms with van der Waals surface area (Å²) >= 11 is 0. The van der Waals surface area contributed by atoms with E-state index in [4.69, 9.17) is 5.73 Å². The van der Waals surface area contributed by atoms with Gasteiger partial charge in [-0.25, -0.2) is 4.79 Å². The lowest BCUT2D eigenvalue weighted by atomic mass is 9.95. The van der Waals surface area contributed by atoms with E-state index in [1.165, 1.54) is 10.8 Å². The number of carbonyl (C=O) groups is 2. The van der Waals surface area contributed by atoms with Crippen molar-refractivity contribution in [3.63, 3.8) is 0 Å². The van der Waals surface area contributed by atoms with E-state index >= 15 is 0 Å². The minimum Gasteiger partial charge on any atom is -0.330 e. The fourth-order valence-electron chi connectivity index (χ4n) is 6.58. The van der Waals surface area contributed by atoms with Gasteiger partial charge in [-0.05, 0) is 65.8 Å². The summed E-state index contributed by atoms with van der Waals surface area (Å²) < 4.78 is 0. The highest BCUT2D eigenvalue weighted by Crippen LogP contribution is 2.36. The second-order valence-corrected chi connectivity index (χ2v) is 11.3. The van der Waals surface area contributed by atoms with Crippen LogP contribution in [0.1, 0.15) is 48.4 Å². The van der Waals surface area contributed by atoms with Crippen molar-refractivity contribution in [2.75, 3.05) is 19.6 Å². The number of fused-ring (bicyclic) bond motifs is 2. The fraction of sp³-hybridized carbons (Fsp3) is 0.314. The number of rotatable bonds is 9. The average molecular weight is 547 g/mol. The molecule has 6 rings (SSSR count). The smallest absolute Gasteiger partial charge is 0.321 e. The molecule has 2 atom stereocenters. The van der Waals surface area contributed by atoms with E-state index in [1.807, 2.05) is 63.2 Å². The quantitative estimate of drug-likeness (QED) is 0.263. The number of hydrogen-bond acceptors (Lipinski definition) is 3. The van der Waals surface area contributed by atoms with E-state index in [0.29, 0.717) is 32.6 Å². The maximum Gasteiger partial charge on any atom is 0.321 e. The lowest BCUT2D eigenvalue weighted by Gasteiger charge is -2.35. The van der Waals surface area contributed by atoms with Gasteiger partial charge < -0.3 is 20.4 Å². The van der Waals surface area contributed by atoms with E-state index < -0.39 is 6.04 Å². The molecule has 6 nitrogen and oxygen atoms in total. The zero-order chi connectivity index (χ0) is 28.2. The highest BCUT2D eigenvalue weighted by molar-refractivity contribution is 5.89. The predicted molar refractivity (Wildman–Crippen MR) is 163 cm³/mol. The maximum atomic E-state index is 14.5. The summed E-state index contributed by atoms with van der Waals surface area (Å²) in [6.07, 6.45) is 3.01. The summed E-state index contributed by atoms with van der Waals surface area (Å²) in [4.78, 5) is 34.4. The first-order valence-corrected chi connectivity index (χ1v) is 14.8. The van der Waals surface area contributed by atoms with Crippen molar-refractivity contribution in [3.8, 4) is 0 Å². The van der Waals surface area contributed by atoms with Crippen molar-refractivity contribution >= 4 is 22.7 Å². The topological polar surface area (TPSA) is 69.9 Å². The number of nitrogens with two attached hydrogens (primary N) is 1. The van der Waals surface area contributed by atoms with Crippen LogP contribution in [0.4, 0.5) is 4.79 Å². The van der Waals surface area contributed by atoms with E-state index in [1.54, 1.807) is 0 Å². The summed E-state index contributed by atoms with van der Waals surface area (Å²) in [6, 6.07) is 34.4. The molecule has 0 bridgehead atoms. The molecule has 0 spiro atoms. The zero-order valence-corrected chi connectivity index (χ0v) is 23.4. The Bertz CT molecular complexity index is 1450. The van der Waals surface area contributed by atoms with Crippen LogP contribution in [0.3, 0.4) is 0 Å². The van der Waals surface area contributed by atoms with Crippen LogP contribution in [0.25, 0.3) is 10.8 Å². The van der Waals surface area contributed by atoms with Gasteiger partial charge in [-0.1, -0.05) is 97.1 Å². The van der Waals surface area contributed by atoms with Crippen LogP contribution in [0, 0.1) is 0 Å². The van der Waals surface area contributed by atoms with Crippen LogP contribution in [-0.2, 0) is 11.3 Å². The first-order chi connectivity index (χ1) is 20.1. The molecule has 0 aliphatic carbocycles. The lowest BCUT2D eigenvalue weighted by Crippen LogP contribution is -2.50. The number of carbonyl (C=O) groups excluding carboxylic acids is 2. The van der Waals surface area contributed by atoms with Gasteiger partial charge in [-0.15, -0.1) is 0 Å². The largest absolute Gasteiger partial charge is 0.330 e.